The van der Waals surface area contributed by atoms with Crippen molar-refractivity contribution < 1.29 is 14.4 Å². The first-order chi connectivity index (χ1) is 11.1. The van der Waals surface area contributed by atoms with Crippen LogP contribution in [-0.4, -0.2) is 47.1 Å². The van der Waals surface area contributed by atoms with Crippen molar-refractivity contribution in [3.8, 4) is 0 Å². The second-order valence-electron chi connectivity index (χ2n) is 5.37. The number of amides is 4. The molecule has 0 spiro atoms. The Balaban J connectivity index is 1.49. The molecule has 0 aliphatic carbocycles. The van der Waals surface area contributed by atoms with Gasteiger partial charge in [0.25, 0.3) is 0 Å². The molecule has 0 aromatic heterocycles. The van der Waals surface area contributed by atoms with Crippen molar-refractivity contribution in [1.29, 1.82) is 0 Å². The van der Waals surface area contributed by atoms with Crippen molar-refractivity contribution in [2.75, 3.05) is 13.1 Å². The van der Waals surface area contributed by atoms with Crippen LogP contribution < -0.4 is 10.6 Å². The Morgan fingerprint density at radius 2 is 2.04 bits per heavy atom. The first-order valence-electron chi connectivity index (χ1n) is 7.40. The number of benzene rings is 1. The van der Waals surface area contributed by atoms with Crippen LogP contribution in [0.3, 0.4) is 0 Å². The standard InChI is InChI=1S/C16H17N3O3S/c20-13(17-8-6-11-4-2-1-3-5-11)10-19-15(21)14-12(7-9-23-14)18-16(19)22/h1-5,7,9,12,14H,6,8,10H2,(H,17,20)(H,18,22). The summed E-state index contributed by atoms with van der Waals surface area (Å²) in [6.45, 7) is 0.220. The largest absolute Gasteiger partial charge is 0.354 e. The third kappa shape index (κ3) is 3.56. The summed E-state index contributed by atoms with van der Waals surface area (Å²) >= 11 is 1.36. The molecule has 1 aromatic carbocycles. The monoisotopic (exact) mass is 331 g/mol. The minimum absolute atomic E-state index is 0.247. The van der Waals surface area contributed by atoms with Crippen LogP contribution in [-0.2, 0) is 16.0 Å². The number of imide groups is 1. The fourth-order valence-electron chi connectivity index (χ4n) is 2.55. The Labute approximate surface area is 138 Å². The second kappa shape index (κ2) is 6.87. The van der Waals surface area contributed by atoms with Crippen LogP contribution in [0.1, 0.15) is 5.56 Å². The van der Waals surface area contributed by atoms with E-state index in [1.165, 1.54) is 11.8 Å². The topological polar surface area (TPSA) is 78.5 Å². The fraction of sp³-hybridized carbons (Fsp3) is 0.312. The van der Waals surface area contributed by atoms with E-state index in [0.717, 1.165) is 10.5 Å². The molecule has 7 heteroatoms. The predicted molar refractivity (Wildman–Crippen MR) is 87.7 cm³/mol. The molecule has 120 valence electrons. The van der Waals surface area contributed by atoms with E-state index in [0.29, 0.717) is 13.0 Å². The first kappa shape index (κ1) is 15.6. The lowest BCUT2D eigenvalue weighted by Gasteiger charge is -2.32. The minimum atomic E-state index is -0.512. The molecule has 1 aromatic rings. The molecule has 6 nitrogen and oxygen atoms in total. The van der Waals surface area contributed by atoms with Crippen LogP contribution in [0.2, 0.25) is 0 Å². The number of urea groups is 1. The number of thioether (sulfide) groups is 1. The molecule has 2 atom stereocenters. The van der Waals surface area contributed by atoms with E-state index in [4.69, 9.17) is 0 Å². The zero-order valence-electron chi connectivity index (χ0n) is 12.4. The number of nitrogens with zero attached hydrogens (tertiary/aromatic N) is 1. The average molecular weight is 331 g/mol. The SMILES string of the molecule is O=C(CN1C(=O)NC2C=CSC2C1=O)NCCc1ccccc1. The van der Waals surface area contributed by atoms with E-state index in [-0.39, 0.29) is 29.7 Å². The summed E-state index contributed by atoms with van der Waals surface area (Å²) in [6.07, 6.45) is 2.50. The van der Waals surface area contributed by atoms with Gasteiger partial charge in [-0.3, -0.25) is 14.5 Å². The van der Waals surface area contributed by atoms with E-state index in [1.807, 2.05) is 30.3 Å². The second-order valence-corrected chi connectivity index (χ2v) is 6.42. The molecular weight excluding hydrogens is 314 g/mol. The molecule has 3 rings (SSSR count). The van der Waals surface area contributed by atoms with Crippen molar-refractivity contribution in [3.63, 3.8) is 0 Å². The maximum atomic E-state index is 12.3. The Hall–Kier alpha value is -2.28. The third-order valence-corrected chi connectivity index (χ3v) is 4.86. The van der Waals surface area contributed by atoms with Gasteiger partial charge < -0.3 is 10.6 Å². The van der Waals surface area contributed by atoms with E-state index < -0.39 is 6.03 Å². The summed E-state index contributed by atoms with van der Waals surface area (Å²) in [7, 11) is 0. The predicted octanol–water partition coefficient (Wildman–Crippen LogP) is 0.895. The first-order valence-corrected chi connectivity index (χ1v) is 8.34. The van der Waals surface area contributed by atoms with Crippen molar-refractivity contribution >= 4 is 29.6 Å². The molecule has 4 amide bonds. The lowest BCUT2D eigenvalue weighted by atomic mass is 10.1. The van der Waals surface area contributed by atoms with E-state index >= 15 is 0 Å². The Kier molecular flexibility index (Phi) is 4.66. The molecule has 2 N–H and O–H groups in total. The molecule has 2 heterocycles. The van der Waals surface area contributed by atoms with Gasteiger partial charge in [0, 0.05) is 6.54 Å². The maximum Gasteiger partial charge on any atom is 0.325 e. The van der Waals surface area contributed by atoms with Crippen LogP contribution in [0.4, 0.5) is 4.79 Å². The molecule has 2 aliphatic rings. The molecular formula is C16H17N3O3S. The molecule has 2 aliphatic heterocycles. The van der Waals surface area contributed by atoms with E-state index in [2.05, 4.69) is 10.6 Å². The number of hydrogen-bond donors (Lipinski definition) is 2. The van der Waals surface area contributed by atoms with E-state index in [9.17, 15) is 14.4 Å². The van der Waals surface area contributed by atoms with Gasteiger partial charge in [-0.25, -0.2) is 4.79 Å². The van der Waals surface area contributed by atoms with Gasteiger partial charge in [-0.2, -0.15) is 0 Å². The van der Waals surface area contributed by atoms with Crippen LogP contribution in [0.15, 0.2) is 41.8 Å². The van der Waals surface area contributed by atoms with Gasteiger partial charge in [-0.15, -0.1) is 11.8 Å². The smallest absolute Gasteiger partial charge is 0.325 e. The van der Waals surface area contributed by atoms with Gasteiger partial charge in [-0.05, 0) is 17.4 Å². The minimum Gasteiger partial charge on any atom is -0.354 e. The summed E-state index contributed by atoms with van der Waals surface area (Å²) in [4.78, 5) is 37.2. The molecule has 1 saturated heterocycles. The highest BCUT2D eigenvalue weighted by molar-refractivity contribution is 8.03. The quantitative estimate of drug-likeness (QED) is 0.840. The van der Waals surface area contributed by atoms with Gasteiger partial charge in [0.15, 0.2) is 0 Å². The zero-order chi connectivity index (χ0) is 16.2. The third-order valence-electron chi connectivity index (χ3n) is 3.76. The highest BCUT2D eigenvalue weighted by Gasteiger charge is 2.42. The number of carbonyl (C=O) groups is 3. The Bertz CT molecular complexity index is 647. The van der Waals surface area contributed by atoms with Crippen LogP contribution in [0.25, 0.3) is 0 Å². The number of rotatable bonds is 5. The highest BCUT2D eigenvalue weighted by Crippen LogP contribution is 2.29. The van der Waals surface area contributed by atoms with Crippen molar-refractivity contribution in [3.05, 3.63) is 47.4 Å². The average Bonchev–Trinajstić information content (AvgIpc) is 3.01. The number of carbonyl (C=O) groups excluding carboxylic acids is 3. The lowest BCUT2D eigenvalue weighted by Crippen LogP contribution is -2.61. The van der Waals surface area contributed by atoms with E-state index in [1.54, 1.807) is 11.5 Å². The molecule has 2 unspecified atom stereocenters. The maximum absolute atomic E-state index is 12.3. The van der Waals surface area contributed by atoms with Crippen molar-refractivity contribution in [2.45, 2.75) is 17.7 Å². The molecule has 0 radical (unpaired) electrons. The van der Waals surface area contributed by atoms with Crippen LogP contribution >= 0.6 is 11.8 Å². The summed E-state index contributed by atoms with van der Waals surface area (Å²) in [5.41, 5.74) is 1.12. The summed E-state index contributed by atoms with van der Waals surface area (Å²) < 4.78 is 0. The van der Waals surface area contributed by atoms with Gasteiger partial charge >= 0.3 is 6.03 Å². The lowest BCUT2D eigenvalue weighted by molar-refractivity contribution is -0.133. The van der Waals surface area contributed by atoms with Crippen LogP contribution in [0, 0.1) is 0 Å². The van der Waals surface area contributed by atoms with Gasteiger partial charge in [0.1, 0.15) is 11.8 Å². The zero-order valence-corrected chi connectivity index (χ0v) is 13.2. The normalized spacial score (nSPS) is 22.7. The highest BCUT2D eigenvalue weighted by atomic mass is 32.2. The number of nitrogens with one attached hydrogen (secondary N) is 2. The van der Waals surface area contributed by atoms with Crippen molar-refractivity contribution in [2.24, 2.45) is 0 Å². The Morgan fingerprint density at radius 3 is 2.83 bits per heavy atom. The number of hydrogen-bond acceptors (Lipinski definition) is 4. The molecule has 0 saturated carbocycles. The molecule has 1 fully saturated rings. The van der Waals surface area contributed by atoms with Crippen LogP contribution in [0.5, 0.6) is 0 Å². The van der Waals surface area contributed by atoms with Crippen molar-refractivity contribution in [1.82, 2.24) is 15.5 Å². The summed E-state index contributed by atoms with van der Waals surface area (Å²) in [6, 6.07) is 9.01. The summed E-state index contributed by atoms with van der Waals surface area (Å²) in [5, 5.41) is 6.91. The summed E-state index contributed by atoms with van der Waals surface area (Å²) in [5.74, 6) is -0.647. The van der Waals surface area contributed by atoms with Gasteiger partial charge in [0.2, 0.25) is 11.8 Å². The van der Waals surface area contributed by atoms with Gasteiger partial charge in [-0.1, -0.05) is 36.4 Å². The Morgan fingerprint density at radius 1 is 1.26 bits per heavy atom. The molecule has 0 bridgehead atoms. The fourth-order valence-corrected chi connectivity index (χ4v) is 3.55. The molecule has 23 heavy (non-hydrogen) atoms. The number of fused-ring (bicyclic) bond motifs is 1. The van der Waals surface area contributed by atoms with Gasteiger partial charge in [0.05, 0.1) is 6.04 Å².